The highest BCUT2D eigenvalue weighted by Gasteiger charge is 1.85. The summed E-state index contributed by atoms with van der Waals surface area (Å²) in [7, 11) is 4.76. The molecule has 0 spiro atoms. The maximum atomic E-state index is 5.60. The predicted octanol–water partition coefficient (Wildman–Crippen LogP) is 2.90. The Bertz CT molecular complexity index is 279. The zero-order valence-corrected chi connectivity index (χ0v) is 9.49. The number of rotatable bonds is 0. The lowest BCUT2D eigenvalue weighted by Crippen LogP contribution is -1.62. The Morgan fingerprint density at radius 2 is 1.73 bits per heavy atom. The van der Waals surface area contributed by atoms with Gasteiger partial charge in [-0.05, 0) is 10.7 Å². The van der Waals surface area contributed by atoms with Gasteiger partial charge in [-0.2, -0.15) is 0 Å². The van der Waals surface area contributed by atoms with E-state index < -0.39 is 10.1 Å². The third-order valence-corrected chi connectivity index (χ3v) is 4.52. The van der Waals surface area contributed by atoms with Gasteiger partial charge in [0, 0.05) is 0 Å². The summed E-state index contributed by atoms with van der Waals surface area (Å²) in [6, 6.07) is 0. The van der Waals surface area contributed by atoms with Crippen molar-refractivity contribution in [3.05, 3.63) is 0 Å². The molecule has 1 unspecified atom stereocenters. The summed E-state index contributed by atoms with van der Waals surface area (Å²) in [5.74, 6) is 0. The summed E-state index contributed by atoms with van der Waals surface area (Å²) < 4.78 is 18.8. The monoisotopic (exact) mass is 265 g/mol. The minimum Gasteiger partial charge on any atom is -0.131 e. The van der Waals surface area contributed by atoms with Gasteiger partial charge in [0.1, 0.15) is 34.4 Å². The van der Waals surface area contributed by atoms with Gasteiger partial charge in [0.05, 0.1) is 22.7 Å². The van der Waals surface area contributed by atoms with Crippen LogP contribution in [0.5, 0.6) is 0 Å². The van der Waals surface area contributed by atoms with Gasteiger partial charge in [-0.1, -0.05) is 0 Å². The molecule has 1 aliphatic heterocycles. The zero-order valence-electron chi connectivity index (χ0n) is 4.66. The number of hydrogen-bond donors (Lipinski definition) is 0. The van der Waals surface area contributed by atoms with E-state index in [2.05, 4.69) is 18.8 Å². The van der Waals surface area contributed by atoms with Crippen molar-refractivity contribution in [2.24, 2.45) is 18.8 Å². The van der Waals surface area contributed by atoms with Crippen LogP contribution in [0.1, 0.15) is 0 Å². The van der Waals surface area contributed by atoms with Gasteiger partial charge in [-0.15, -0.1) is 18.8 Å². The van der Waals surface area contributed by atoms with E-state index in [4.69, 9.17) is 10.7 Å². The first-order chi connectivity index (χ1) is 5.39. The van der Waals surface area contributed by atoms with Gasteiger partial charge >= 0.3 is 0 Å². The van der Waals surface area contributed by atoms with Gasteiger partial charge in [0.15, 0.2) is 0 Å². The van der Waals surface area contributed by atoms with Crippen LogP contribution in [0, 0.1) is 0 Å². The van der Waals surface area contributed by atoms with Crippen LogP contribution in [0.3, 0.4) is 0 Å². The topological polar surface area (TPSA) is 61.8 Å². The molecule has 1 rings (SSSR count). The third-order valence-electron chi connectivity index (χ3n) is 0.390. The molecule has 0 saturated carbocycles. The molecule has 0 fully saturated rings. The molecule has 0 saturated heterocycles. The molecule has 0 radical (unpaired) electrons. The first-order valence-electron chi connectivity index (χ1n) is 1.98. The van der Waals surface area contributed by atoms with Crippen LogP contribution in [0.4, 0.5) is 0 Å². The molecular weight excluding hydrogens is 266 g/mol. The minimum atomic E-state index is -0.845. The molecule has 0 aromatic carbocycles. The normalized spacial score (nSPS) is 26.1. The summed E-state index contributed by atoms with van der Waals surface area (Å²) in [6.45, 7) is 0. The SMILES string of the molecule is Cl/S1=N/SN=S=NSN=S=N1. The first-order valence-corrected chi connectivity index (χ1v) is 6.87. The van der Waals surface area contributed by atoms with Crippen molar-refractivity contribution in [1.29, 1.82) is 0 Å². The van der Waals surface area contributed by atoms with Gasteiger partial charge in [0.25, 0.3) is 0 Å². The Labute approximate surface area is 86.1 Å². The quantitative estimate of drug-likeness (QED) is 0.632. The van der Waals surface area contributed by atoms with E-state index in [1.807, 2.05) is 0 Å². The van der Waals surface area contributed by atoms with E-state index in [9.17, 15) is 0 Å². The molecule has 62 valence electrons. The smallest absolute Gasteiger partial charge is 0.131 e. The Balaban J connectivity index is 2.82. The second-order valence-corrected chi connectivity index (χ2v) is 5.82. The van der Waals surface area contributed by atoms with Crippen molar-refractivity contribution in [1.82, 2.24) is 0 Å². The van der Waals surface area contributed by atoms with Gasteiger partial charge in [-0.3, -0.25) is 0 Å². The van der Waals surface area contributed by atoms with E-state index in [-0.39, 0.29) is 0 Å². The molecule has 5 nitrogen and oxygen atoms in total. The Hall–Kier alpha value is 0.780. The van der Waals surface area contributed by atoms with Gasteiger partial charge < -0.3 is 0 Å². The van der Waals surface area contributed by atoms with Gasteiger partial charge in [-0.25, -0.2) is 0 Å². The average Bonchev–Trinajstić information content (AvgIpc) is 2.03. The lowest BCUT2D eigenvalue weighted by Gasteiger charge is -1.81. The molecule has 0 aliphatic carbocycles. The molecule has 0 amide bonds. The molecule has 0 bridgehead atoms. The van der Waals surface area contributed by atoms with Crippen LogP contribution in [0.15, 0.2) is 18.8 Å². The summed E-state index contributed by atoms with van der Waals surface area (Å²) in [5, 5.41) is 0. The molecule has 0 N–H and O–H groups in total. The molecular formula is ClN5S5. The Morgan fingerprint density at radius 1 is 1.00 bits per heavy atom. The fourth-order valence-electron chi connectivity index (χ4n) is 0.168. The summed E-state index contributed by atoms with van der Waals surface area (Å²) in [4.78, 5) is 0. The second-order valence-electron chi connectivity index (χ2n) is 0.919. The Kier molecular flexibility index (Phi) is 5.66. The number of halogens is 1. The molecule has 11 heavy (non-hydrogen) atoms. The second kappa shape index (κ2) is 6.31. The van der Waals surface area contributed by atoms with Crippen molar-refractivity contribution in [2.45, 2.75) is 0 Å². The number of nitrogens with zero attached hydrogens (tertiary/aromatic N) is 5. The highest BCUT2D eigenvalue weighted by molar-refractivity contribution is 8.17. The molecule has 1 atom stereocenters. The van der Waals surface area contributed by atoms with E-state index >= 15 is 0 Å². The zero-order chi connectivity index (χ0) is 7.94. The van der Waals surface area contributed by atoms with E-state index in [1.54, 1.807) is 0 Å². The van der Waals surface area contributed by atoms with Crippen LogP contribution in [-0.2, 0) is 32.8 Å². The van der Waals surface area contributed by atoms with Crippen LogP contribution in [-0.4, -0.2) is 0 Å². The lowest BCUT2D eigenvalue weighted by molar-refractivity contribution is 1.89. The molecule has 0 aromatic rings. The van der Waals surface area contributed by atoms with Crippen molar-refractivity contribution in [2.75, 3.05) is 0 Å². The largest absolute Gasteiger partial charge is 0.143 e. The molecule has 1 aliphatic rings. The van der Waals surface area contributed by atoms with Crippen molar-refractivity contribution >= 4 is 67.8 Å². The van der Waals surface area contributed by atoms with E-state index in [0.717, 1.165) is 47.0 Å². The van der Waals surface area contributed by atoms with E-state index in [0.29, 0.717) is 0 Å². The molecule has 11 heteroatoms. The van der Waals surface area contributed by atoms with Gasteiger partial charge in [0.2, 0.25) is 0 Å². The molecule has 0 aromatic heterocycles. The minimum absolute atomic E-state index is 0.845. The maximum Gasteiger partial charge on any atom is 0.143 e. The fraction of sp³-hybridized carbons (Fsp3) is 0. The Morgan fingerprint density at radius 3 is 2.64 bits per heavy atom. The van der Waals surface area contributed by atoms with E-state index in [1.165, 1.54) is 0 Å². The number of hydrogen-bond acceptors (Lipinski definition) is 7. The van der Waals surface area contributed by atoms with Crippen molar-refractivity contribution < 1.29 is 0 Å². The fourth-order valence-corrected chi connectivity index (χ4v) is 3.19. The van der Waals surface area contributed by atoms with Crippen molar-refractivity contribution in [3.8, 4) is 0 Å². The first kappa shape index (κ1) is 9.86. The highest BCUT2D eigenvalue weighted by Crippen LogP contribution is 2.11. The average molecular weight is 266 g/mol. The van der Waals surface area contributed by atoms with Crippen LogP contribution in [0.2, 0.25) is 0 Å². The highest BCUT2D eigenvalue weighted by atomic mass is 35.7. The standard InChI is InChI=1S/ClN5S5/c1-11-5-9-3-7-2-8-4-10-6-11. The summed E-state index contributed by atoms with van der Waals surface area (Å²) in [6.07, 6.45) is 0. The van der Waals surface area contributed by atoms with Crippen molar-refractivity contribution in [3.63, 3.8) is 0 Å². The summed E-state index contributed by atoms with van der Waals surface area (Å²) in [5.41, 5.74) is 0. The third kappa shape index (κ3) is 5.09. The van der Waals surface area contributed by atoms with Crippen LogP contribution >= 0.6 is 35.0 Å². The summed E-state index contributed by atoms with van der Waals surface area (Å²) >= 11 is 4.06. The molecule has 1 heterocycles. The lowest BCUT2D eigenvalue weighted by atomic mass is 13.8. The van der Waals surface area contributed by atoms with Crippen LogP contribution in [0.25, 0.3) is 0 Å². The predicted molar refractivity (Wildman–Crippen MR) is 55.3 cm³/mol. The maximum absolute atomic E-state index is 5.60. The van der Waals surface area contributed by atoms with Crippen LogP contribution < -0.4 is 0 Å².